The Morgan fingerprint density at radius 2 is 1.85 bits per heavy atom. The molecule has 0 saturated carbocycles. The maximum atomic E-state index is 13.2. The molecule has 1 amide bonds. The summed E-state index contributed by atoms with van der Waals surface area (Å²) in [7, 11) is -2.27. The zero-order valence-electron chi connectivity index (χ0n) is 19.4. The minimum atomic E-state index is -3.75. The molecule has 2 aromatic rings. The van der Waals surface area contributed by atoms with E-state index in [-0.39, 0.29) is 10.9 Å². The second-order valence-corrected chi connectivity index (χ2v) is 10.5. The summed E-state index contributed by atoms with van der Waals surface area (Å²) in [6.07, 6.45) is 3.83. The lowest BCUT2D eigenvalue weighted by Crippen LogP contribution is -2.49. The van der Waals surface area contributed by atoms with Gasteiger partial charge in [-0.05, 0) is 61.7 Å². The SMILES string of the molecule is CC[C@H](C(=O)NCc1ccccc1CN1CCCC1)N(c1ccc(OC)c(Cl)c1)S(C)(=O)=O. The van der Waals surface area contributed by atoms with Gasteiger partial charge in [0.05, 0.1) is 24.1 Å². The number of hydrogen-bond acceptors (Lipinski definition) is 5. The van der Waals surface area contributed by atoms with Gasteiger partial charge in [0.1, 0.15) is 11.8 Å². The van der Waals surface area contributed by atoms with Crippen molar-refractivity contribution in [1.29, 1.82) is 0 Å². The second-order valence-electron chi connectivity index (χ2n) is 8.27. The average Bonchev–Trinajstić information content (AvgIpc) is 3.28. The number of sulfonamides is 1. The number of hydrogen-bond donors (Lipinski definition) is 1. The van der Waals surface area contributed by atoms with Gasteiger partial charge in [0.2, 0.25) is 15.9 Å². The minimum absolute atomic E-state index is 0.273. The number of anilines is 1. The molecule has 0 spiro atoms. The van der Waals surface area contributed by atoms with Crippen LogP contribution in [-0.2, 0) is 27.9 Å². The van der Waals surface area contributed by atoms with Gasteiger partial charge < -0.3 is 10.1 Å². The molecule has 1 fully saturated rings. The van der Waals surface area contributed by atoms with Gasteiger partial charge in [-0.25, -0.2) is 8.42 Å². The molecule has 1 heterocycles. The van der Waals surface area contributed by atoms with E-state index in [4.69, 9.17) is 16.3 Å². The van der Waals surface area contributed by atoms with Crippen molar-refractivity contribution in [2.45, 2.75) is 45.3 Å². The van der Waals surface area contributed by atoms with Crippen LogP contribution >= 0.6 is 11.6 Å². The van der Waals surface area contributed by atoms with Crippen LogP contribution in [0.15, 0.2) is 42.5 Å². The summed E-state index contributed by atoms with van der Waals surface area (Å²) >= 11 is 6.23. The lowest BCUT2D eigenvalue weighted by atomic mass is 10.1. The normalized spacial score (nSPS) is 15.3. The van der Waals surface area contributed by atoms with E-state index >= 15 is 0 Å². The largest absolute Gasteiger partial charge is 0.495 e. The van der Waals surface area contributed by atoms with Crippen molar-refractivity contribution in [3.63, 3.8) is 0 Å². The first-order valence-electron chi connectivity index (χ1n) is 11.1. The van der Waals surface area contributed by atoms with Crippen LogP contribution in [0, 0.1) is 0 Å². The first-order chi connectivity index (χ1) is 15.7. The predicted octanol–water partition coefficient (Wildman–Crippen LogP) is 3.81. The first-order valence-corrected chi connectivity index (χ1v) is 13.4. The Balaban J connectivity index is 1.79. The number of halogens is 1. The number of carbonyl (C=O) groups excluding carboxylic acids is 1. The molecule has 180 valence electrons. The van der Waals surface area contributed by atoms with E-state index in [1.54, 1.807) is 19.1 Å². The van der Waals surface area contributed by atoms with Crippen molar-refractivity contribution in [2.75, 3.05) is 30.8 Å². The van der Waals surface area contributed by atoms with Crippen molar-refractivity contribution >= 4 is 33.2 Å². The van der Waals surface area contributed by atoms with Crippen LogP contribution in [0.25, 0.3) is 0 Å². The van der Waals surface area contributed by atoms with Crippen LogP contribution in [0.3, 0.4) is 0 Å². The van der Waals surface area contributed by atoms with Gasteiger partial charge in [0.15, 0.2) is 0 Å². The van der Waals surface area contributed by atoms with Gasteiger partial charge in [-0.2, -0.15) is 0 Å². The quantitative estimate of drug-likeness (QED) is 0.544. The second kappa shape index (κ2) is 11.2. The third-order valence-corrected chi connectivity index (χ3v) is 7.36. The van der Waals surface area contributed by atoms with E-state index in [0.29, 0.717) is 24.4 Å². The van der Waals surface area contributed by atoms with Gasteiger partial charge in [0.25, 0.3) is 0 Å². The number of methoxy groups -OCH3 is 1. The lowest BCUT2D eigenvalue weighted by molar-refractivity contribution is -0.122. The Morgan fingerprint density at radius 3 is 2.42 bits per heavy atom. The maximum Gasteiger partial charge on any atom is 0.244 e. The molecule has 1 N–H and O–H groups in total. The fourth-order valence-electron chi connectivity index (χ4n) is 4.22. The third-order valence-electron chi connectivity index (χ3n) is 5.88. The maximum absolute atomic E-state index is 13.2. The summed E-state index contributed by atoms with van der Waals surface area (Å²) in [5.41, 5.74) is 2.53. The highest BCUT2D eigenvalue weighted by molar-refractivity contribution is 7.92. The van der Waals surface area contributed by atoms with Gasteiger partial charge in [-0.3, -0.25) is 14.0 Å². The summed E-state index contributed by atoms with van der Waals surface area (Å²) in [5.74, 6) is 0.0758. The number of amides is 1. The van der Waals surface area contributed by atoms with E-state index < -0.39 is 16.1 Å². The zero-order valence-corrected chi connectivity index (χ0v) is 21.0. The molecule has 0 aliphatic carbocycles. The highest BCUT2D eigenvalue weighted by Crippen LogP contribution is 2.32. The van der Waals surface area contributed by atoms with Crippen molar-refractivity contribution in [2.24, 2.45) is 0 Å². The van der Waals surface area contributed by atoms with Crippen LogP contribution in [0.2, 0.25) is 5.02 Å². The van der Waals surface area contributed by atoms with Gasteiger partial charge in [-0.1, -0.05) is 42.8 Å². The predicted molar refractivity (Wildman–Crippen MR) is 132 cm³/mol. The zero-order chi connectivity index (χ0) is 24.0. The molecule has 3 rings (SSSR count). The van der Waals surface area contributed by atoms with E-state index in [9.17, 15) is 13.2 Å². The highest BCUT2D eigenvalue weighted by atomic mass is 35.5. The van der Waals surface area contributed by atoms with Crippen LogP contribution in [-0.4, -0.2) is 51.7 Å². The van der Waals surface area contributed by atoms with Crippen molar-refractivity contribution < 1.29 is 17.9 Å². The molecule has 0 bridgehead atoms. The first kappa shape index (κ1) is 25.3. The molecule has 1 aliphatic heterocycles. The molecule has 0 radical (unpaired) electrons. The Morgan fingerprint density at radius 1 is 1.18 bits per heavy atom. The van der Waals surface area contributed by atoms with Crippen molar-refractivity contribution in [1.82, 2.24) is 10.2 Å². The fourth-order valence-corrected chi connectivity index (χ4v) is 5.67. The van der Waals surface area contributed by atoms with Gasteiger partial charge in [-0.15, -0.1) is 0 Å². The number of rotatable bonds is 10. The van der Waals surface area contributed by atoms with E-state index in [1.807, 2.05) is 18.2 Å². The molecule has 1 saturated heterocycles. The monoisotopic (exact) mass is 493 g/mol. The molecule has 2 aromatic carbocycles. The third kappa shape index (κ3) is 6.40. The number of ether oxygens (including phenoxy) is 1. The minimum Gasteiger partial charge on any atom is -0.495 e. The molecule has 9 heteroatoms. The van der Waals surface area contributed by atoms with Crippen LogP contribution < -0.4 is 14.4 Å². The van der Waals surface area contributed by atoms with Gasteiger partial charge in [0, 0.05) is 13.1 Å². The van der Waals surface area contributed by atoms with Crippen molar-refractivity contribution in [3.8, 4) is 5.75 Å². The summed E-state index contributed by atoms with van der Waals surface area (Å²) < 4.78 is 31.7. The molecule has 0 aromatic heterocycles. The number of likely N-dealkylation sites (tertiary alicyclic amines) is 1. The number of benzene rings is 2. The van der Waals surface area contributed by atoms with E-state index in [2.05, 4.69) is 16.3 Å². The summed E-state index contributed by atoms with van der Waals surface area (Å²) in [6.45, 7) is 5.15. The Bertz CT molecular complexity index is 1070. The molecule has 7 nitrogen and oxygen atoms in total. The number of carbonyl (C=O) groups is 1. The Kier molecular flexibility index (Phi) is 8.62. The topological polar surface area (TPSA) is 79.0 Å². The lowest BCUT2D eigenvalue weighted by Gasteiger charge is -2.30. The number of nitrogens with zero attached hydrogens (tertiary/aromatic N) is 2. The number of nitrogens with one attached hydrogen (secondary N) is 1. The van der Waals surface area contributed by atoms with Crippen LogP contribution in [0.4, 0.5) is 5.69 Å². The molecular weight excluding hydrogens is 462 g/mol. The molecule has 1 aliphatic rings. The summed E-state index contributed by atoms with van der Waals surface area (Å²) in [6, 6.07) is 11.8. The van der Waals surface area contributed by atoms with E-state index in [1.165, 1.54) is 31.6 Å². The Labute approximate surface area is 201 Å². The average molecular weight is 494 g/mol. The van der Waals surface area contributed by atoms with Crippen LogP contribution in [0.5, 0.6) is 5.75 Å². The van der Waals surface area contributed by atoms with Crippen molar-refractivity contribution in [3.05, 3.63) is 58.6 Å². The molecule has 0 unspecified atom stereocenters. The van der Waals surface area contributed by atoms with Gasteiger partial charge >= 0.3 is 0 Å². The van der Waals surface area contributed by atoms with Crippen LogP contribution in [0.1, 0.15) is 37.3 Å². The Hall–Kier alpha value is -2.29. The standard InChI is InChI=1S/C24H32ClN3O4S/c1-4-22(28(33(3,30)31)20-11-12-23(32-2)21(25)15-20)24(29)26-16-18-9-5-6-10-19(18)17-27-13-7-8-14-27/h5-6,9-12,15,22H,4,7-8,13-14,16-17H2,1-3H3,(H,26,29)/t22-/m1/s1. The molecule has 1 atom stereocenters. The highest BCUT2D eigenvalue weighted by Gasteiger charge is 2.32. The van der Waals surface area contributed by atoms with E-state index in [0.717, 1.165) is 35.8 Å². The smallest absolute Gasteiger partial charge is 0.244 e. The molecule has 33 heavy (non-hydrogen) atoms. The molecular formula is C24H32ClN3O4S. The summed E-state index contributed by atoms with van der Waals surface area (Å²) in [4.78, 5) is 15.6. The fraction of sp³-hybridized carbons (Fsp3) is 0.458. The summed E-state index contributed by atoms with van der Waals surface area (Å²) in [5, 5.41) is 3.23.